The highest BCUT2D eigenvalue weighted by molar-refractivity contribution is 7.93. The van der Waals surface area contributed by atoms with Crippen LogP contribution in [0.15, 0.2) is 59.3 Å². The number of pyridine rings is 1. The summed E-state index contributed by atoms with van der Waals surface area (Å²) in [6, 6.07) is 11.6. The Hall–Kier alpha value is -2.67. The second kappa shape index (κ2) is 6.09. The van der Waals surface area contributed by atoms with E-state index in [2.05, 4.69) is 4.98 Å². The third kappa shape index (κ3) is 2.46. The lowest BCUT2D eigenvalue weighted by Gasteiger charge is -2.31. The van der Waals surface area contributed by atoms with E-state index in [1.165, 1.54) is 18.3 Å². The predicted molar refractivity (Wildman–Crippen MR) is 89.6 cm³/mol. The van der Waals surface area contributed by atoms with Gasteiger partial charge in [0, 0.05) is 11.9 Å². The molecule has 0 atom stereocenters. The Kier molecular flexibility index (Phi) is 4.11. The van der Waals surface area contributed by atoms with Gasteiger partial charge in [-0.1, -0.05) is 18.2 Å². The van der Waals surface area contributed by atoms with Crippen LogP contribution in [0.1, 0.15) is 19.5 Å². The average Bonchev–Trinajstić information content (AvgIpc) is 2.56. The molecule has 0 bridgehead atoms. The van der Waals surface area contributed by atoms with Crippen LogP contribution in [0, 0.1) is 0 Å². The maximum Gasteiger partial charge on any atom is 0.342 e. The second-order valence-electron chi connectivity index (χ2n) is 5.14. The molecule has 0 unspecified atom stereocenters. The Morgan fingerprint density at radius 1 is 1.17 bits per heavy atom. The van der Waals surface area contributed by atoms with Gasteiger partial charge >= 0.3 is 5.97 Å². The van der Waals surface area contributed by atoms with E-state index in [1.54, 1.807) is 44.2 Å². The molecule has 1 aromatic carbocycles. The number of ether oxygens (including phenoxy) is 1. The number of carbonyl (C=O) groups is 1. The fourth-order valence-electron chi connectivity index (χ4n) is 2.68. The first kappa shape index (κ1) is 16.2. The number of carbonyl (C=O) groups excluding carboxylic acids is 1. The van der Waals surface area contributed by atoms with Gasteiger partial charge in [-0.15, -0.1) is 0 Å². The molecule has 0 saturated heterocycles. The molecule has 1 aromatic heterocycles. The van der Waals surface area contributed by atoms with E-state index in [9.17, 15) is 13.2 Å². The summed E-state index contributed by atoms with van der Waals surface area (Å²) in [5.41, 5.74) is 1.00. The van der Waals surface area contributed by atoms with Gasteiger partial charge in [0.1, 0.15) is 10.5 Å². The van der Waals surface area contributed by atoms with E-state index in [-0.39, 0.29) is 28.5 Å². The van der Waals surface area contributed by atoms with Gasteiger partial charge in [-0.3, -0.25) is 4.98 Å². The van der Waals surface area contributed by atoms with Crippen LogP contribution < -0.4 is 4.31 Å². The molecule has 0 saturated carbocycles. The zero-order valence-electron chi connectivity index (χ0n) is 13.3. The molecule has 6 nitrogen and oxygen atoms in total. The van der Waals surface area contributed by atoms with Crippen LogP contribution in [0.3, 0.4) is 0 Å². The number of anilines is 1. The number of esters is 1. The maximum atomic E-state index is 13.0. The van der Waals surface area contributed by atoms with Crippen LogP contribution in [0.25, 0.3) is 5.57 Å². The van der Waals surface area contributed by atoms with Gasteiger partial charge in [0.2, 0.25) is 0 Å². The number of sulfonamides is 1. The molecule has 24 heavy (non-hydrogen) atoms. The average molecular weight is 344 g/mol. The molecule has 1 aliphatic heterocycles. The molecule has 1 aliphatic rings. The third-order valence-corrected chi connectivity index (χ3v) is 5.51. The summed E-state index contributed by atoms with van der Waals surface area (Å²) in [7, 11) is -3.86. The number of hydrogen-bond acceptors (Lipinski definition) is 5. The first-order valence-corrected chi connectivity index (χ1v) is 8.86. The SMILES string of the molecule is CCOC(=O)C1=C(C)N(c2ccccc2)S(=O)(=O)c2cccnc21. The summed E-state index contributed by atoms with van der Waals surface area (Å²) in [6.07, 6.45) is 1.46. The maximum absolute atomic E-state index is 13.0. The highest BCUT2D eigenvalue weighted by Gasteiger charge is 2.39. The van der Waals surface area contributed by atoms with Crippen molar-refractivity contribution < 1.29 is 17.9 Å². The van der Waals surface area contributed by atoms with Crippen LogP contribution in [0.5, 0.6) is 0 Å². The van der Waals surface area contributed by atoms with Crippen molar-refractivity contribution >= 4 is 27.3 Å². The molecule has 2 aromatic rings. The van der Waals surface area contributed by atoms with E-state index in [0.717, 1.165) is 4.31 Å². The van der Waals surface area contributed by atoms with Crippen LogP contribution >= 0.6 is 0 Å². The fraction of sp³-hybridized carbons (Fsp3) is 0.176. The quantitative estimate of drug-likeness (QED) is 0.800. The number of para-hydroxylation sites is 1. The largest absolute Gasteiger partial charge is 0.462 e. The molecule has 2 heterocycles. The van der Waals surface area contributed by atoms with Crippen molar-refractivity contribution in [1.82, 2.24) is 4.98 Å². The number of hydrogen-bond donors (Lipinski definition) is 0. The smallest absolute Gasteiger partial charge is 0.342 e. The topological polar surface area (TPSA) is 76.6 Å². The van der Waals surface area contributed by atoms with Gasteiger partial charge in [-0.2, -0.15) is 0 Å². The number of fused-ring (bicyclic) bond motifs is 1. The van der Waals surface area contributed by atoms with Gasteiger partial charge in [0.05, 0.1) is 18.0 Å². The van der Waals surface area contributed by atoms with Gasteiger partial charge in [-0.05, 0) is 38.1 Å². The van der Waals surface area contributed by atoms with Gasteiger partial charge in [-0.25, -0.2) is 17.5 Å². The lowest BCUT2D eigenvalue weighted by molar-refractivity contribution is -0.136. The normalized spacial score (nSPS) is 15.8. The molecule has 0 aliphatic carbocycles. The molecule has 0 amide bonds. The Balaban J connectivity index is 2.32. The molecule has 124 valence electrons. The highest BCUT2D eigenvalue weighted by Crippen LogP contribution is 2.38. The monoisotopic (exact) mass is 344 g/mol. The number of allylic oxidation sites excluding steroid dienone is 1. The molecule has 7 heteroatoms. The second-order valence-corrected chi connectivity index (χ2v) is 6.89. The fourth-order valence-corrected chi connectivity index (χ4v) is 4.38. The minimum Gasteiger partial charge on any atom is -0.462 e. The van der Waals surface area contributed by atoms with E-state index < -0.39 is 16.0 Å². The molecule has 0 radical (unpaired) electrons. The van der Waals surface area contributed by atoms with Crippen molar-refractivity contribution in [3.63, 3.8) is 0 Å². The Bertz CT molecular complexity index is 921. The summed E-state index contributed by atoms with van der Waals surface area (Å²) in [5.74, 6) is -0.592. The first-order valence-electron chi connectivity index (χ1n) is 7.42. The van der Waals surface area contributed by atoms with Gasteiger partial charge in [0.15, 0.2) is 0 Å². The molecule has 0 N–H and O–H groups in total. The number of aromatic nitrogens is 1. The molecular weight excluding hydrogens is 328 g/mol. The van der Waals surface area contributed by atoms with Gasteiger partial charge in [0.25, 0.3) is 10.0 Å². The van der Waals surface area contributed by atoms with Gasteiger partial charge < -0.3 is 4.74 Å². The van der Waals surface area contributed by atoms with Crippen molar-refractivity contribution in [3.8, 4) is 0 Å². The van der Waals surface area contributed by atoms with Crippen LogP contribution in [-0.2, 0) is 19.6 Å². The summed E-state index contributed by atoms with van der Waals surface area (Å²) in [5, 5.41) is 0. The zero-order valence-corrected chi connectivity index (χ0v) is 14.1. The highest BCUT2D eigenvalue weighted by atomic mass is 32.2. The Labute approximate surface area is 140 Å². The third-order valence-electron chi connectivity index (χ3n) is 3.66. The zero-order chi connectivity index (χ0) is 17.3. The summed E-state index contributed by atoms with van der Waals surface area (Å²) in [4.78, 5) is 16.5. The Morgan fingerprint density at radius 3 is 2.54 bits per heavy atom. The van der Waals surface area contributed by atoms with Crippen LogP contribution in [0.2, 0.25) is 0 Å². The van der Waals surface area contributed by atoms with Crippen LogP contribution in [-0.4, -0.2) is 26.0 Å². The van der Waals surface area contributed by atoms with E-state index in [4.69, 9.17) is 4.74 Å². The number of benzene rings is 1. The van der Waals surface area contributed by atoms with E-state index in [1.807, 2.05) is 0 Å². The molecular formula is C17H16N2O4S. The summed E-state index contributed by atoms with van der Waals surface area (Å²) in [6.45, 7) is 3.46. The molecule has 3 rings (SSSR count). The van der Waals surface area contributed by atoms with E-state index in [0.29, 0.717) is 5.69 Å². The van der Waals surface area contributed by atoms with Crippen molar-refractivity contribution in [3.05, 3.63) is 60.1 Å². The lowest BCUT2D eigenvalue weighted by atomic mass is 10.1. The van der Waals surface area contributed by atoms with Crippen molar-refractivity contribution in [2.45, 2.75) is 18.7 Å². The minimum absolute atomic E-state index is 0.0116. The predicted octanol–water partition coefficient (Wildman–Crippen LogP) is 2.58. The minimum atomic E-state index is -3.86. The molecule has 0 fully saturated rings. The van der Waals surface area contributed by atoms with Crippen molar-refractivity contribution in [1.29, 1.82) is 0 Å². The van der Waals surface area contributed by atoms with Crippen LogP contribution in [0.4, 0.5) is 5.69 Å². The standard InChI is InChI=1S/C17H16N2O4S/c1-3-23-17(20)15-12(2)19(13-8-5-4-6-9-13)24(21,22)14-10-7-11-18-16(14)15/h4-11H,3H2,1-2H3. The van der Waals surface area contributed by atoms with Crippen molar-refractivity contribution in [2.75, 3.05) is 10.9 Å². The summed E-state index contributed by atoms with van der Waals surface area (Å²) < 4.78 is 32.3. The van der Waals surface area contributed by atoms with E-state index >= 15 is 0 Å². The summed E-state index contributed by atoms with van der Waals surface area (Å²) >= 11 is 0. The first-order chi connectivity index (χ1) is 11.5. The Morgan fingerprint density at radius 2 is 1.88 bits per heavy atom. The molecule has 0 spiro atoms. The number of nitrogens with zero attached hydrogens (tertiary/aromatic N) is 2. The van der Waals surface area contributed by atoms with Crippen molar-refractivity contribution in [2.24, 2.45) is 0 Å². The number of rotatable bonds is 3. The lowest BCUT2D eigenvalue weighted by Crippen LogP contribution is -2.36.